The predicted molar refractivity (Wildman–Crippen MR) is 90.3 cm³/mol. The van der Waals surface area contributed by atoms with Gasteiger partial charge >= 0.3 is 5.69 Å². The van der Waals surface area contributed by atoms with Gasteiger partial charge in [-0.1, -0.05) is 31.2 Å². The molecule has 0 aliphatic rings. The lowest BCUT2D eigenvalue weighted by Crippen LogP contribution is -2.23. The Morgan fingerprint density at radius 3 is 2.58 bits per heavy atom. The molecule has 3 N–H and O–H groups in total. The number of sulfonamides is 1. The standard InChI is InChI=1S/C16H15N3O4S/c1-2-15(20)19-13-8-7-10(9-12(13)18-16(19)21)11-5-3-4-6-14(11)24(17,22)23/h3-9H,2H2,1H3,(H,18,21)(H2,17,22,23). The van der Waals surface area contributed by atoms with Gasteiger partial charge in [0, 0.05) is 12.0 Å². The van der Waals surface area contributed by atoms with E-state index in [0.29, 0.717) is 22.2 Å². The Hall–Kier alpha value is -2.71. The fourth-order valence-electron chi connectivity index (χ4n) is 2.64. The highest BCUT2D eigenvalue weighted by molar-refractivity contribution is 7.89. The van der Waals surface area contributed by atoms with Gasteiger partial charge in [0.2, 0.25) is 15.9 Å². The molecule has 8 heteroatoms. The second-order valence-corrected chi connectivity index (χ2v) is 6.82. The highest BCUT2D eigenvalue weighted by atomic mass is 32.2. The van der Waals surface area contributed by atoms with Crippen molar-refractivity contribution in [2.75, 3.05) is 0 Å². The van der Waals surface area contributed by atoms with Gasteiger partial charge in [0.15, 0.2) is 0 Å². The zero-order valence-electron chi connectivity index (χ0n) is 12.8. The van der Waals surface area contributed by atoms with Crippen LogP contribution in [-0.2, 0) is 10.0 Å². The van der Waals surface area contributed by atoms with Gasteiger partial charge in [0.05, 0.1) is 15.9 Å². The van der Waals surface area contributed by atoms with Crippen LogP contribution in [-0.4, -0.2) is 23.9 Å². The number of carbonyl (C=O) groups excluding carboxylic acids is 1. The van der Waals surface area contributed by atoms with E-state index in [-0.39, 0.29) is 17.2 Å². The van der Waals surface area contributed by atoms with E-state index in [1.807, 2.05) is 0 Å². The topological polar surface area (TPSA) is 115 Å². The number of aromatic nitrogens is 2. The fraction of sp³-hybridized carbons (Fsp3) is 0.125. The first-order valence-electron chi connectivity index (χ1n) is 7.23. The summed E-state index contributed by atoms with van der Waals surface area (Å²) in [4.78, 5) is 26.5. The van der Waals surface area contributed by atoms with Crippen molar-refractivity contribution in [2.24, 2.45) is 5.14 Å². The number of benzene rings is 2. The van der Waals surface area contributed by atoms with E-state index in [0.717, 1.165) is 4.57 Å². The minimum absolute atomic E-state index is 0.00392. The first-order chi connectivity index (χ1) is 11.3. The second kappa shape index (κ2) is 5.73. The largest absolute Gasteiger partial charge is 0.333 e. The Morgan fingerprint density at radius 1 is 1.21 bits per heavy atom. The number of nitrogens with one attached hydrogen (secondary N) is 1. The van der Waals surface area contributed by atoms with Crippen molar-refractivity contribution in [3.63, 3.8) is 0 Å². The van der Waals surface area contributed by atoms with Crippen LogP contribution >= 0.6 is 0 Å². The van der Waals surface area contributed by atoms with Gasteiger partial charge in [-0.25, -0.2) is 22.9 Å². The minimum atomic E-state index is -3.89. The van der Waals surface area contributed by atoms with E-state index >= 15 is 0 Å². The number of carbonyl (C=O) groups is 1. The van der Waals surface area contributed by atoms with E-state index in [1.54, 1.807) is 43.3 Å². The van der Waals surface area contributed by atoms with E-state index in [2.05, 4.69) is 4.98 Å². The van der Waals surface area contributed by atoms with Crippen LogP contribution in [0.25, 0.3) is 22.2 Å². The number of hydrogen-bond donors (Lipinski definition) is 2. The van der Waals surface area contributed by atoms with Crippen LogP contribution in [0.2, 0.25) is 0 Å². The average Bonchev–Trinajstić information content (AvgIpc) is 2.88. The molecule has 0 radical (unpaired) electrons. The molecule has 0 aliphatic carbocycles. The Balaban J connectivity index is 2.25. The molecule has 2 aromatic carbocycles. The van der Waals surface area contributed by atoms with Crippen molar-refractivity contribution < 1.29 is 13.2 Å². The molecule has 3 rings (SSSR count). The van der Waals surface area contributed by atoms with Gasteiger partial charge in [0.1, 0.15) is 0 Å². The molecule has 24 heavy (non-hydrogen) atoms. The number of primary sulfonamides is 1. The molecular weight excluding hydrogens is 330 g/mol. The first-order valence-corrected chi connectivity index (χ1v) is 8.77. The predicted octanol–water partition coefficient (Wildman–Crippen LogP) is 1.69. The van der Waals surface area contributed by atoms with E-state index < -0.39 is 15.7 Å². The van der Waals surface area contributed by atoms with Gasteiger partial charge in [-0.15, -0.1) is 0 Å². The third kappa shape index (κ3) is 2.66. The average molecular weight is 345 g/mol. The van der Waals surface area contributed by atoms with Crippen LogP contribution in [0.4, 0.5) is 0 Å². The van der Waals surface area contributed by atoms with Crippen LogP contribution in [0.1, 0.15) is 18.1 Å². The molecule has 0 atom stereocenters. The van der Waals surface area contributed by atoms with Crippen molar-refractivity contribution in [1.82, 2.24) is 9.55 Å². The van der Waals surface area contributed by atoms with Crippen molar-refractivity contribution >= 4 is 27.0 Å². The molecule has 3 aromatic rings. The molecular formula is C16H15N3O4S. The number of nitrogens with two attached hydrogens (primary N) is 1. The smallest absolute Gasteiger partial charge is 0.305 e. The molecule has 0 fully saturated rings. The van der Waals surface area contributed by atoms with Crippen molar-refractivity contribution in [3.05, 3.63) is 52.9 Å². The maximum Gasteiger partial charge on any atom is 0.333 e. The molecule has 124 valence electrons. The van der Waals surface area contributed by atoms with Crippen molar-refractivity contribution in [3.8, 4) is 11.1 Å². The summed E-state index contributed by atoms with van der Waals surface area (Å²) in [5.41, 5.74) is 1.38. The van der Waals surface area contributed by atoms with Crippen molar-refractivity contribution in [2.45, 2.75) is 18.2 Å². The summed E-state index contributed by atoms with van der Waals surface area (Å²) in [6.45, 7) is 1.67. The maximum absolute atomic E-state index is 12.0. The number of imidazole rings is 1. The third-order valence-electron chi connectivity index (χ3n) is 3.74. The van der Waals surface area contributed by atoms with Gasteiger partial charge in [-0.2, -0.15) is 0 Å². The number of rotatable bonds is 3. The SMILES string of the molecule is CCC(=O)n1c(=O)[nH]c2cc(-c3ccccc3S(N)(=O)=O)ccc21. The molecule has 0 aliphatic heterocycles. The molecule has 1 heterocycles. The summed E-state index contributed by atoms with van der Waals surface area (Å²) in [7, 11) is -3.89. The molecule has 0 bridgehead atoms. The van der Waals surface area contributed by atoms with Gasteiger partial charge in [0.25, 0.3) is 0 Å². The number of H-pyrrole nitrogens is 1. The Labute approximate surface area is 137 Å². The molecule has 7 nitrogen and oxygen atoms in total. The molecule has 0 spiro atoms. The molecule has 1 aromatic heterocycles. The molecule has 0 amide bonds. The van der Waals surface area contributed by atoms with E-state index in [1.165, 1.54) is 6.07 Å². The van der Waals surface area contributed by atoms with Crippen LogP contribution in [0, 0.1) is 0 Å². The number of fused-ring (bicyclic) bond motifs is 1. The van der Waals surface area contributed by atoms with Crippen LogP contribution in [0.5, 0.6) is 0 Å². The third-order valence-corrected chi connectivity index (χ3v) is 4.71. The summed E-state index contributed by atoms with van der Waals surface area (Å²) in [6, 6.07) is 11.2. The highest BCUT2D eigenvalue weighted by Gasteiger charge is 2.17. The molecule has 0 unspecified atom stereocenters. The van der Waals surface area contributed by atoms with E-state index in [9.17, 15) is 18.0 Å². The maximum atomic E-state index is 12.0. The second-order valence-electron chi connectivity index (χ2n) is 5.29. The van der Waals surface area contributed by atoms with Crippen molar-refractivity contribution in [1.29, 1.82) is 0 Å². The Bertz CT molecular complexity index is 1110. The number of nitrogens with zero attached hydrogens (tertiary/aromatic N) is 1. The summed E-state index contributed by atoms with van der Waals surface area (Å²) in [5, 5.41) is 5.26. The summed E-state index contributed by atoms with van der Waals surface area (Å²) < 4.78 is 24.6. The lowest BCUT2D eigenvalue weighted by atomic mass is 10.1. The zero-order chi connectivity index (χ0) is 17.5. The summed E-state index contributed by atoms with van der Waals surface area (Å²) in [6.07, 6.45) is 0.197. The summed E-state index contributed by atoms with van der Waals surface area (Å²) in [5.74, 6) is -0.316. The molecule has 0 saturated carbocycles. The van der Waals surface area contributed by atoms with Crippen LogP contribution in [0.15, 0.2) is 52.2 Å². The Kier molecular flexibility index (Phi) is 3.86. The number of hydrogen-bond acceptors (Lipinski definition) is 4. The molecule has 0 saturated heterocycles. The first kappa shape index (κ1) is 16.2. The fourth-order valence-corrected chi connectivity index (χ4v) is 3.40. The van der Waals surface area contributed by atoms with Crippen LogP contribution < -0.4 is 10.8 Å². The minimum Gasteiger partial charge on any atom is -0.305 e. The van der Waals surface area contributed by atoms with Gasteiger partial charge < -0.3 is 4.98 Å². The van der Waals surface area contributed by atoms with Gasteiger partial charge in [-0.3, -0.25) is 4.79 Å². The highest BCUT2D eigenvalue weighted by Crippen LogP contribution is 2.28. The number of aromatic amines is 1. The lowest BCUT2D eigenvalue weighted by Gasteiger charge is -2.08. The summed E-state index contributed by atoms with van der Waals surface area (Å²) >= 11 is 0. The lowest BCUT2D eigenvalue weighted by molar-refractivity contribution is 0.0910. The normalized spacial score (nSPS) is 11.8. The Morgan fingerprint density at radius 2 is 1.92 bits per heavy atom. The van der Waals surface area contributed by atoms with Gasteiger partial charge in [-0.05, 0) is 23.8 Å². The monoisotopic (exact) mass is 345 g/mol. The van der Waals surface area contributed by atoms with Crippen LogP contribution in [0.3, 0.4) is 0 Å². The zero-order valence-corrected chi connectivity index (χ0v) is 13.6. The van der Waals surface area contributed by atoms with E-state index in [4.69, 9.17) is 5.14 Å². The quantitative estimate of drug-likeness (QED) is 0.751.